The predicted molar refractivity (Wildman–Crippen MR) is 113 cm³/mol. The summed E-state index contributed by atoms with van der Waals surface area (Å²) in [7, 11) is 0. The van der Waals surface area contributed by atoms with Crippen molar-refractivity contribution in [3.8, 4) is 0 Å². The van der Waals surface area contributed by atoms with Gasteiger partial charge in [0.15, 0.2) is 0 Å². The third-order valence-electron chi connectivity index (χ3n) is 6.15. The molecule has 0 bridgehead atoms. The van der Waals surface area contributed by atoms with Crippen molar-refractivity contribution in [1.29, 1.82) is 0 Å². The van der Waals surface area contributed by atoms with Gasteiger partial charge in [-0.05, 0) is 35.4 Å². The number of allylic oxidation sites excluding steroid dienone is 2. The van der Waals surface area contributed by atoms with Crippen molar-refractivity contribution in [3.05, 3.63) is 114 Å². The number of carbonyl (C=O) groups is 2. The topological polar surface area (TPSA) is 37.4 Å². The number of nitrogens with zero attached hydrogens (tertiary/aromatic N) is 1. The molecule has 0 saturated carbocycles. The van der Waals surface area contributed by atoms with Gasteiger partial charge in [-0.3, -0.25) is 9.59 Å². The molecule has 1 saturated heterocycles. The highest BCUT2D eigenvalue weighted by Crippen LogP contribution is 2.50. The third-order valence-corrected chi connectivity index (χ3v) is 6.15. The van der Waals surface area contributed by atoms with Crippen LogP contribution in [0.25, 0.3) is 0 Å². The van der Waals surface area contributed by atoms with Crippen molar-refractivity contribution in [2.45, 2.75) is 11.8 Å². The molecule has 1 aliphatic carbocycles. The molecule has 3 aromatic carbocycles. The lowest BCUT2D eigenvalue weighted by atomic mass is 9.68. The molecule has 2 aliphatic rings. The molecular formula is C26H20FNO2. The molecule has 148 valence electrons. The van der Waals surface area contributed by atoms with Crippen LogP contribution >= 0.6 is 0 Å². The minimum atomic E-state index is -0.500. The smallest absolute Gasteiger partial charge is 0.238 e. The van der Waals surface area contributed by atoms with Crippen LogP contribution in [-0.2, 0) is 9.59 Å². The molecule has 2 amide bonds. The van der Waals surface area contributed by atoms with Gasteiger partial charge >= 0.3 is 0 Å². The first-order chi connectivity index (χ1) is 14.6. The van der Waals surface area contributed by atoms with Gasteiger partial charge in [-0.25, -0.2) is 9.29 Å². The summed E-state index contributed by atoms with van der Waals surface area (Å²) in [5.41, 5.74) is 2.44. The fourth-order valence-electron chi connectivity index (χ4n) is 4.78. The molecule has 0 unspecified atom stereocenters. The summed E-state index contributed by atoms with van der Waals surface area (Å²) in [5.74, 6) is -2.22. The molecule has 1 fully saturated rings. The molecule has 4 atom stereocenters. The van der Waals surface area contributed by atoms with Gasteiger partial charge in [0, 0.05) is 11.8 Å². The Morgan fingerprint density at radius 2 is 1.03 bits per heavy atom. The molecule has 0 radical (unpaired) electrons. The first-order valence-corrected chi connectivity index (χ1v) is 10.1. The Morgan fingerprint density at radius 3 is 1.47 bits per heavy atom. The molecular weight excluding hydrogens is 377 g/mol. The van der Waals surface area contributed by atoms with Gasteiger partial charge in [-0.2, -0.15) is 0 Å². The van der Waals surface area contributed by atoms with Gasteiger partial charge in [0.05, 0.1) is 17.5 Å². The number of imide groups is 1. The molecule has 1 aliphatic heterocycles. The Bertz CT molecular complexity index is 1040. The first kappa shape index (κ1) is 18.5. The standard InChI is InChI=1S/C26H20FNO2/c27-19-11-13-20(14-12-19)28-25(29)23-21(17-7-3-1-4-8-17)15-16-22(24(23)26(28)30)18-9-5-2-6-10-18/h1-16,21-24H/t21-,22+,23-,24+. The molecule has 4 heteroatoms. The number of amides is 2. The highest BCUT2D eigenvalue weighted by molar-refractivity contribution is 6.22. The molecule has 1 heterocycles. The van der Waals surface area contributed by atoms with Gasteiger partial charge in [0.2, 0.25) is 11.8 Å². The zero-order chi connectivity index (χ0) is 20.7. The molecule has 3 aromatic rings. The maximum atomic E-state index is 13.6. The zero-order valence-electron chi connectivity index (χ0n) is 16.2. The second kappa shape index (κ2) is 7.38. The van der Waals surface area contributed by atoms with E-state index in [-0.39, 0.29) is 23.7 Å². The van der Waals surface area contributed by atoms with Crippen molar-refractivity contribution in [1.82, 2.24) is 0 Å². The lowest BCUT2D eigenvalue weighted by molar-refractivity contribution is -0.122. The number of anilines is 1. The maximum Gasteiger partial charge on any atom is 0.238 e. The summed E-state index contributed by atoms with van der Waals surface area (Å²) < 4.78 is 13.4. The van der Waals surface area contributed by atoms with E-state index in [1.165, 1.54) is 29.2 Å². The SMILES string of the molecule is O=C1[C@@H]2[C@H](C(=O)N1c1ccc(F)cc1)[C@@H](c1ccccc1)C=C[C@H]2c1ccccc1. The minimum Gasteiger partial charge on any atom is -0.274 e. The van der Waals surface area contributed by atoms with E-state index in [1.54, 1.807) is 0 Å². The second-order valence-corrected chi connectivity index (χ2v) is 7.80. The van der Waals surface area contributed by atoms with E-state index in [9.17, 15) is 14.0 Å². The molecule has 0 N–H and O–H groups in total. The average Bonchev–Trinajstić information content (AvgIpc) is 3.06. The summed E-state index contributed by atoms with van der Waals surface area (Å²) in [6, 6.07) is 25.2. The van der Waals surface area contributed by atoms with Gasteiger partial charge in [0.1, 0.15) is 5.82 Å². The summed E-state index contributed by atoms with van der Waals surface area (Å²) in [5, 5.41) is 0. The van der Waals surface area contributed by atoms with Crippen molar-refractivity contribution in [2.24, 2.45) is 11.8 Å². The number of carbonyl (C=O) groups excluding carboxylic acids is 2. The van der Waals surface area contributed by atoms with Crippen LogP contribution in [0.15, 0.2) is 97.1 Å². The minimum absolute atomic E-state index is 0.182. The fourth-order valence-corrected chi connectivity index (χ4v) is 4.78. The molecule has 0 spiro atoms. The number of benzene rings is 3. The highest BCUT2D eigenvalue weighted by Gasteiger charge is 2.55. The van der Waals surface area contributed by atoms with Crippen molar-refractivity contribution in [2.75, 3.05) is 4.90 Å². The lowest BCUT2D eigenvalue weighted by Gasteiger charge is -2.32. The van der Waals surface area contributed by atoms with Crippen LogP contribution in [0.1, 0.15) is 23.0 Å². The quantitative estimate of drug-likeness (QED) is 0.457. The maximum absolute atomic E-state index is 13.6. The Labute approximate surface area is 174 Å². The Hall–Kier alpha value is -3.53. The number of hydrogen-bond acceptors (Lipinski definition) is 2. The van der Waals surface area contributed by atoms with Crippen LogP contribution in [0.4, 0.5) is 10.1 Å². The van der Waals surface area contributed by atoms with Gasteiger partial charge < -0.3 is 0 Å². The third kappa shape index (κ3) is 2.96. The largest absolute Gasteiger partial charge is 0.274 e. The van der Waals surface area contributed by atoms with E-state index in [1.807, 2.05) is 60.7 Å². The number of fused-ring (bicyclic) bond motifs is 1. The summed E-state index contributed by atoms with van der Waals surface area (Å²) in [4.78, 5) is 28.4. The average molecular weight is 397 g/mol. The monoisotopic (exact) mass is 397 g/mol. The highest BCUT2D eigenvalue weighted by atomic mass is 19.1. The van der Waals surface area contributed by atoms with Crippen LogP contribution in [0.2, 0.25) is 0 Å². The molecule has 30 heavy (non-hydrogen) atoms. The second-order valence-electron chi connectivity index (χ2n) is 7.80. The Balaban J connectivity index is 1.63. The summed E-state index contributed by atoms with van der Waals surface area (Å²) >= 11 is 0. The van der Waals surface area contributed by atoms with Crippen molar-refractivity contribution in [3.63, 3.8) is 0 Å². The van der Waals surface area contributed by atoms with Crippen LogP contribution in [0, 0.1) is 17.7 Å². The van der Waals surface area contributed by atoms with E-state index < -0.39 is 17.7 Å². The van der Waals surface area contributed by atoms with E-state index in [0.717, 1.165) is 11.1 Å². The predicted octanol–water partition coefficient (Wildman–Crippen LogP) is 5.07. The summed E-state index contributed by atoms with van der Waals surface area (Å²) in [6.07, 6.45) is 4.13. The fraction of sp³-hybridized carbons (Fsp3) is 0.154. The van der Waals surface area contributed by atoms with Crippen molar-refractivity contribution < 1.29 is 14.0 Å². The van der Waals surface area contributed by atoms with Crippen LogP contribution in [0.3, 0.4) is 0 Å². The van der Waals surface area contributed by atoms with Crippen LogP contribution < -0.4 is 4.90 Å². The van der Waals surface area contributed by atoms with Crippen LogP contribution in [-0.4, -0.2) is 11.8 Å². The van der Waals surface area contributed by atoms with E-state index in [0.29, 0.717) is 5.69 Å². The van der Waals surface area contributed by atoms with E-state index >= 15 is 0 Å². The first-order valence-electron chi connectivity index (χ1n) is 10.1. The number of rotatable bonds is 3. The number of halogens is 1. The Kier molecular flexibility index (Phi) is 4.55. The number of hydrogen-bond donors (Lipinski definition) is 0. The lowest BCUT2D eigenvalue weighted by Crippen LogP contribution is -2.31. The summed E-state index contributed by atoms with van der Waals surface area (Å²) in [6.45, 7) is 0. The molecule has 5 rings (SSSR count). The normalized spacial score (nSPS) is 25.4. The molecule has 0 aromatic heterocycles. The van der Waals surface area contributed by atoms with E-state index in [2.05, 4.69) is 12.2 Å². The van der Waals surface area contributed by atoms with Gasteiger partial charge in [-0.1, -0.05) is 72.8 Å². The van der Waals surface area contributed by atoms with Gasteiger partial charge in [0.25, 0.3) is 0 Å². The zero-order valence-corrected chi connectivity index (χ0v) is 16.2. The van der Waals surface area contributed by atoms with Gasteiger partial charge in [-0.15, -0.1) is 0 Å². The van der Waals surface area contributed by atoms with Crippen molar-refractivity contribution >= 4 is 17.5 Å². The van der Waals surface area contributed by atoms with Crippen LogP contribution in [0.5, 0.6) is 0 Å². The molecule has 3 nitrogen and oxygen atoms in total. The van der Waals surface area contributed by atoms with E-state index in [4.69, 9.17) is 0 Å². The Morgan fingerprint density at radius 1 is 0.600 bits per heavy atom.